The molecule has 1 aromatic carbocycles. The molecular weight excluding hydrogens is 462 g/mol. The standard InChI is InChI=1S/C12H8Br3NO2S/c13-9(8-6-11(14)19-12(8)15)5-7-3-1-2-4-10(7)16(17)18/h1-4,6,9H,5H2. The Hall–Kier alpha value is -0.240. The molecule has 1 atom stereocenters. The number of thiophene rings is 1. The summed E-state index contributed by atoms with van der Waals surface area (Å²) in [5.41, 5.74) is 1.98. The molecule has 0 radical (unpaired) electrons. The molecule has 3 nitrogen and oxygen atoms in total. The van der Waals surface area contributed by atoms with E-state index in [0.29, 0.717) is 6.42 Å². The maximum Gasteiger partial charge on any atom is 0.272 e. The third-order valence-electron chi connectivity index (χ3n) is 2.61. The normalized spacial score (nSPS) is 12.4. The molecule has 7 heteroatoms. The summed E-state index contributed by atoms with van der Waals surface area (Å²) >= 11 is 12.1. The van der Waals surface area contributed by atoms with Crippen LogP contribution < -0.4 is 0 Å². The van der Waals surface area contributed by atoms with Crippen molar-refractivity contribution in [3.63, 3.8) is 0 Å². The largest absolute Gasteiger partial charge is 0.272 e. The van der Waals surface area contributed by atoms with Crippen LogP contribution in [0.4, 0.5) is 5.69 Å². The van der Waals surface area contributed by atoms with Crippen LogP contribution in [0.5, 0.6) is 0 Å². The number of nitro benzene ring substituents is 1. The topological polar surface area (TPSA) is 43.1 Å². The van der Waals surface area contributed by atoms with Crippen LogP contribution in [0.15, 0.2) is 37.9 Å². The molecule has 2 rings (SSSR count). The molecule has 0 spiro atoms. The summed E-state index contributed by atoms with van der Waals surface area (Å²) in [5.74, 6) is 0. The zero-order chi connectivity index (χ0) is 14.0. The van der Waals surface area contributed by atoms with E-state index >= 15 is 0 Å². The van der Waals surface area contributed by atoms with Crippen LogP contribution >= 0.6 is 59.1 Å². The minimum Gasteiger partial charge on any atom is -0.258 e. The monoisotopic (exact) mass is 467 g/mol. The predicted octanol–water partition coefficient (Wildman–Crippen LogP) is 5.86. The van der Waals surface area contributed by atoms with Gasteiger partial charge in [0.25, 0.3) is 5.69 Å². The molecule has 0 aliphatic rings. The summed E-state index contributed by atoms with van der Waals surface area (Å²) in [6, 6.07) is 8.85. The first-order valence-electron chi connectivity index (χ1n) is 5.30. The molecule has 19 heavy (non-hydrogen) atoms. The third-order valence-corrected chi connectivity index (χ3v) is 5.81. The molecule has 0 bridgehead atoms. The maximum atomic E-state index is 11.0. The zero-order valence-electron chi connectivity index (χ0n) is 9.48. The molecule has 0 aliphatic carbocycles. The number of benzene rings is 1. The third kappa shape index (κ3) is 3.65. The Kier molecular flexibility index (Phi) is 5.16. The van der Waals surface area contributed by atoms with E-state index in [1.54, 1.807) is 23.5 Å². The SMILES string of the molecule is O=[N+]([O-])c1ccccc1CC(Br)c1cc(Br)sc1Br. The van der Waals surface area contributed by atoms with Gasteiger partial charge >= 0.3 is 0 Å². The van der Waals surface area contributed by atoms with Crippen LogP contribution in [0.3, 0.4) is 0 Å². The molecule has 1 aromatic heterocycles. The molecule has 0 aliphatic heterocycles. The van der Waals surface area contributed by atoms with Gasteiger partial charge in [0.15, 0.2) is 0 Å². The lowest BCUT2D eigenvalue weighted by Crippen LogP contribution is -1.99. The van der Waals surface area contributed by atoms with Crippen LogP contribution in [-0.4, -0.2) is 4.92 Å². The van der Waals surface area contributed by atoms with Crippen LogP contribution in [0.2, 0.25) is 0 Å². The summed E-state index contributed by atoms with van der Waals surface area (Å²) < 4.78 is 2.06. The van der Waals surface area contributed by atoms with E-state index in [1.165, 1.54) is 6.07 Å². The Morgan fingerprint density at radius 3 is 2.58 bits per heavy atom. The molecule has 1 heterocycles. The van der Waals surface area contributed by atoms with Gasteiger partial charge in [-0.2, -0.15) is 0 Å². The van der Waals surface area contributed by atoms with Crippen LogP contribution in [-0.2, 0) is 6.42 Å². The van der Waals surface area contributed by atoms with E-state index < -0.39 is 0 Å². The number of nitro groups is 1. The second-order valence-corrected chi connectivity index (χ2v) is 8.69. The molecular formula is C12H8Br3NO2S. The molecule has 0 N–H and O–H groups in total. The Bertz CT molecular complexity index is 615. The van der Waals surface area contributed by atoms with Gasteiger partial charge in [-0.05, 0) is 49.9 Å². The first-order chi connectivity index (χ1) is 8.99. The highest BCUT2D eigenvalue weighted by atomic mass is 79.9. The average Bonchev–Trinajstić information content (AvgIpc) is 2.69. The fraction of sp³-hybridized carbons (Fsp3) is 0.167. The highest BCUT2D eigenvalue weighted by Crippen LogP contribution is 2.40. The van der Waals surface area contributed by atoms with Gasteiger partial charge in [0.05, 0.1) is 12.5 Å². The van der Waals surface area contributed by atoms with Crippen molar-refractivity contribution < 1.29 is 4.92 Å². The van der Waals surface area contributed by atoms with Gasteiger partial charge in [-0.25, -0.2) is 0 Å². The maximum absolute atomic E-state index is 11.0. The number of para-hydroxylation sites is 1. The van der Waals surface area contributed by atoms with Gasteiger partial charge in [-0.3, -0.25) is 10.1 Å². The number of alkyl halides is 1. The fourth-order valence-corrected chi connectivity index (χ4v) is 5.87. The second-order valence-electron chi connectivity index (χ2n) is 3.84. The molecule has 2 aromatic rings. The van der Waals surface area contributed by atoms with E-state index in [0.717, 1.165) is 18.7 Å². The molecule has 0 fully saturated rings. The van der Waals surface area contributed by atoms with E-state index in [9.17, 15) is 10.1 Å². The molecule has 1 unspecified atom stereocenters. The van der Waals surface area contributed by atoms with Gasteiger partial charge in [-0.1, -0.05) is 34.1 Å². The minimum atomic E-state index is -0.340. The lowest BCUT2D eigenvalue weighted by molar-refractivity contribution is -0.385. The lowest BCUT2D eigenvalue weighted by atomic mass is 10.0. The summed E-state index contributed by atoms with van der Waals surface area (Å²) in [7, 11) is 0. The first kappa shape index (κ1) is 15.2. The smallest absolute Gasteiger partial charge is 0.258 e. The van der Waals surface area contributed by atoms with Crippen molar-refractivity contribution in [1.82, 2.24) is 0 Å². The summed E-state index contributed by atoms with van der Waals surface area (Å²) in [4.78, 5) is 10.7. The molecule has 100 valence electrons. The summed E-state index contributed by atoms with van der Waals surface area (Å²) in [5, 5.41) is 11.0. The van der Waals surface area contributed by atoms with Gasteiger partial charge in [-0.15, -0.1) is 11.3 Å². The lowest BCUT2D eigenvalue weighted by Gasteiger charge is -2.09. The van der Waals surface area contributed by atoms with Crippen molar-refractivity contribution in [1.29, 1.82) is 0 Å². The molecule has 0 saturated heterocycles. The summed E-state index contributed by atoms with van der Waals surface area (Å²) in [6.45, 7) is 0. The van der Waals surface area contributed by atoms with Gasteiger partial charge < -0.3 is 0 Å². The Balaban J connectivity index is 2.26. The van der Waals surface area contributed by atoms with E-state index in [2.05, 4.69) is 47.8 Å². The van der Waals surface area contributed by atoms with Crippen molar-refractivity contribution in [2.24, 2.45) is 0 Å². The quantitative estimate of drug-likeness (QED) is 0.320. The predicted molar refractivity (Wildman–Crippen MR) is 88.2 cm³/mol. The number of hydrogen-bond donors (Lipinski definition) is 0. The average molecular weight is 470 g/mol. The zero-order valence-corrected chi connectivity index (χ0v) is 15.1. The Labute approximate surface area is 139 Å². The number of hydrogen-bond acceptors (Lipinski definition) is 3. The van der Waals surface area contributed by atoms with Gasteiger partial charge in [0, 0.05) is 16.5 Å². The number of halogens is 3. The van der Waals surface area contributed by atoms with E-state index in [4.69, 9.17) is 0 Å². The van der Waals surface area contributed by atoms with E-state index in [1.807, 2.05) is 12.1 Å². The number of nitrogens with zero attached hydrogens (tertiary/aromatic N) is 1. The molecule has 0 saturated carbocycles. The minimum absolute atomic E-state index is 0.0329. The van der Waals surface area contributed by atoms with E-state index in [-0.39, 0.29) is 15.4 Å². The van der Waals surface area contributed by atoms with Crippen molar-refractivity contribution in [2.45, 2.75) is 11.2 Å². The highest BCUT2D eigenvalue weighted by molar-refractivity contribution is 9.12. The van der Waals surface area contributed by atoms with Crippen LogP contribution in [0, 0.1) is 10.1 Å². The van der Waals surface area contributed by atoms with Crippen molar-refractivity contribution in [3.8, 4) is 0 Å². The number of rotatable bonds is 4. The van der Waals surface area contributed by atoms with Crippen molar-refractivity contribution >= 4 is 64.8 Å². The molecule has 0 amide bonds. The first-order valence-corrected chi connectivity index (χ1v) is 8.62. The van der Waals surface area contributed by atoms with Crippen LogP contribution in [0.25, 0.3) is 0 Å². The van der Waals surface area contributed by atoms with Gasteiger partial charge in [0.2, 0.25) is 0 Å². The van der Waals surface area contributed by atoms with Crippen molar-refractivity contribution in [2.75, 3.05) is 0 Å². The van der Waals surface area contributed by atoms with Crippen molar-refractivity contribution in [3.05, 3.63) is 59.1 Å². The van der Waals surface area contributed by atoms with Crippen LogP contribution in [0.1, 0.15) is 16.0 Å². The fourth-order valence-electron chi connectivity index (χ4n) is 1.73. The second kappa shape index (κ2) is 6.47. The van der Waals surface area contributed by atoms with Gasteiger partial charge in [0.1, 0.15) is 0 Å². The highest BCUT2D eigenvalue weighted by Gasteiger charge is 2.19. The Morgan fingerprint density at radius 1 is 1.32 bits per heavy atom. The summed E-state index contributed by atoms with van der Waals surface area (Å²) in [6.07, 6.45) is 0.568. The Morgan fingerprint density at radius 2 is 2.00 bits per heavy atom.